The molecule has 5 atom stereocenters. The number of carboxylic acid groups (broad SMARTS) is 5. The zero-order chi connectivity index (χ0) is 34.4. The Kier molecular flexibility index (Phi) is 14.4. The smallest absolute Gasteiger partial charge is 0.326 e. The van der Waals surface area contributed by atoms with E-state index >= 15 is 0 Å². The van der Waals surface area contributed by atoms with Crippen molar-refractivity contribution in [3.05, 3.63) is 29.8 Å². The summed E-state index contributed by atoms with van der Waals surface area (Å²) in [6.07, 6.45) is -4.68. The quantitative estimate of drug-likeness (QED) is 0.0689. The van der Waals surface area contributed by atoms with Gasteiger partial charge in [0, 0.05) is 6.42 Å². The minimum atomic E-state index is -2.09. The molecule has 0 aliphatic heterocycles. The Balaban J connectivity index is 3.17. The Hall–Kier alpha value is -5.79. The third-order valence-corrected chi connectivity index (χ3v) is 5.76. The van der Waals surface area contributed by atoms with Crippen LogP contribution in [0.25, 0.3) is 0 Å². The molecule has 1 aromatic rings. The maximum absolute atomic E-state index is 13.0. The van der Waals surface area contributed by atoms with E-state index in [1.807, 2.05) is 21.3 Å². The predicted octanol–water partition coefficient (Wildman–Crippen LogP) is -3.82. The molecule has 12 N–H and O–H groups in total. The van der Waals surface area contributed by atoms with Gasteiger partial charge in [-0.1, -0.05) is 12.1 Å². The molecule has 0 heterocycles. The molecule has 246 valence electrons. The van der Waals surface area contributed by atoms with Crippen LogP contribution < -0.4 is 27.0 Å². The summed E-state index contributed by atoms with van der Waals surface area (Å²) in [6.45, 7) is 0. The van der Waals surface area contributed by atoms with Crippen molar-refractivity contribution in [2.75, 3.05) is 0 Å². The van der Waals surface area contributed by atoms with E-state index in [1.165, 1.54) is 24.3 Å². The lowest BCUT2D eigenvalue weighted by atomic mass is 10.0. The highest BCUT2D eigenvalue weighted by Gasteiger charge is 2.34. The molecule has 0 saturated carbocycles. The summed E-state index contributed by atoms with van der Waals surface area (Å²) >= 11 is 0. The average molecular weight is 642 g/mol. The lowest BCUT2D eigenvalue weighted by molar-refractivity contribution is -0.145. The summed E-state index contributed by atoms with van der Waals surface area (Å²) in [5.74, 6) is -13.7. The second kappa shape index (κ2) is 17.4. The van der Waals surface area contributed by atoms with E-state index in [2.05, 4.69) is 0 Å². The van der Waals surface area contributed by atoms with Gasteiger partial charge in [-0.25, -0.2) is 4.79 Å². The lowest BCUT2D eigenvalue weighted by Gasteiger charge is -2.25. The first kappa shape index (κ1) is 37.2. The van der Waals surface area contributed by atoms with E-state index in [4.69, 9.17) is 15.9 Å². The van der Waals surface area contributed by atoms with Gasteiger partial charge in [-0.05, 0) is 17.7 Å². The van der Waals surface area contributed by atoms with Gasteiger partial charge >= 0.3 is 29.8 Å². The lowest BCUT2D eigenvalue weighted by Crippen LogP contribution is -2.59. The number of benzene rings is 1. The van der Waals surface area contributed by atoms with Crippen LogP contribution in [0.5, 0.6) is 5.75 Å². The van der Waals surface area contributed by atoms with Crippen LogP contribution in [0.15, 0.2) is 24.3 Å². The molecule has 0 radical (unpaired) electrons. The van der Waals surface area contributed by atoms with Crippen LogP contribution >= 0.6 is 0 Å². The summed E-state index contributed by atoms with van der Waals surface area (Å²) in [6, 6.07) is -4.26. The Bertz CT molecular complexity index is 1320. The maximum Gasteiger partial charge on any atom is 0.326 e. The first-order valence-corrected chi connectivity index (χ1v) is 12.7. The van der Waals surface area contributed by atoms with Gasteiger partial charge in [-0.15, -0.1) is 0 Å². The third-order valence-electron chi connectivity index (χ3n) is 5.76. The highest BCUT2D eigenvalue weighted by Crippen LogP contribution is 2.12. The van der Waals surface area contributed by atoms with Gasteiger partial charge in [0.25, 0.3) is 0 Å². The summed E-state index contributed by atoms with van der Waals surface area (Å²) in [5, 5.41) is 63.0. The van der Waals surface area contributed by atoms with Crippen LogP contribution in [0, 0.1) is 0 Å². The molecular weight excluding hydrogens is 610 g/mol. The molecule has 0 aromatic heterocycles. The van der Waals surface area contributed by atoms with Gasteiger partial charge in [0.15, 0.2) is 0 Å². The summed E-state index contributed by atoms with van der Waals surface area (Å²) < 4.78 is 0. The van der Waals surface area contributed by atoms with Crippen molar-refractivity contribution in [2.45, 2.75) is 62.3 Å². The fourth-order valence-corrected chi connectivity index (χ4v) is 3.60. The topological polar surface area (TPSA) is 349 Å². The van der Waals surface area contributed by atoms with Gasteiger partial charge in [-0.2, -0.15) is 0 Å². The summed E-state index contributed by atoms with van der Waals surface area (Å²) in [4.78, 5) is 107. The fourth-order valence-electron chi connectivity index (χ4n) is 3.60. The number of hydrogen-bond donors (Lipinski definition) is 11. The highest BCUT2D eigenvalue weighted by atomic mass is 16.4. The Morgan fingerprint density at radius 2 is 0.867 bits per heavy atom. The number of aromatic hydroxyl groups is 1. The first-order chi connectivity index (χ1) is 20.9. The van der Waals surface area contributed by atoms with Gasteiger partial charge in [0.05, 0.1) is 31.7 Å². The van der Waals surface area contributed by atoms with Crippen LogP contribution in [0.2, 0.25) is 0 Å². The Morgan fingerprint density at radius 1 is 0.533 bits per heavy atom. The number of rotatable bonds is 19. The Morgan fingerprint density at radius 3 is 1.20 bits per heavy atom. The Labute approximate surface area is 252 Å². The highest BCUT2D eigenvalue weighted by molar-refractivity contribution is 5.98. The first-order valence-electron chi connectivity index (χ1n) is 12.7. The molecule has 20 heteroatoms. The van der Waals surface area contributed by atoms with Crippen LogP contribution in [0.1, 0.15) is 31.2 Å². The van der Waals surface area contributed by atoms with E-state index in [0.717, 1.165) is 0 Å². The number of phenols is 1. The molecule has 0 aliphatic carbocycles. The van der Waals surface area contributed by atoms with Crippen molar-refractivity contribution >= 4 is 53.5 Å². The van der Waals surface area contributed by atoms with Crippen molar-refractivity contribution in [3.63, 3.8) is 0 Å². The standard InChI is InChI=1S/C25H31N5O15/c26-12(6-17(32)33)21(40)27-13(7-18(34)35)22(41)28-14(8-19(36)37)23(42)29-15(9-20(38)39)24(43)30-16(25(44)45)5-10-1-3-11(31)4-2-10/h1-4,12-16,31H,5-9,26H2,(H,27,40)(H,28,41)(H,29,42)(H,30,43)(H,32,33)(H,34,35)(H,36,37)(H,38,39)(H,44,45)/t12-,13-,14-,15-,16-/m0/s1. The van der Waals surface area contributed by atoms with E-state index in [-0.39, 0.29) is 12.2 Å². The maximum atomic E-state index is 13.0. The average Bonchev–Trinajstić information content (AvgIpc) is 2.91. The van der Waals surface area contributed by atoms with E-state index in [9.17, 15) is 63.6 Å². The van der Waals surface area contributed by atoms with Crippen molar-refractivity contribution in [2.24, 2.45) is 5.73 Å². The number of carboxylic acids is 5. The van der Waals surface area contributed by atoms with Gasteiger partial charge < -0.3 is 57.6 Å². The van der Waals surface area contributed by atoms with Crippen molar-refractivity contribution in [3.8, 4) is 5.75 Å². The number of nitrogens with two attached hydrogens (primary N) is 1. The number of nitrogens with one attached hydrogen (secondary N) is 4. The summed E-state index contributed by atoms with van der Waals surface area (Å²) in [5.41, 5.74) is 5.73. The van der Waals surface area contributed by atoms with Gasteiger partial charge in [-0.3, -0.25) is 38.4 Å². The number of hydrogen-bond acceptors (Lipinski definition) is 11. The minimum Gasteiger partial charge on any atom is -0.508 e. The molecule has 0 aliphatic rings. The van der Waals surface area contributed by atoms with E-state index in [1.54, 1.807) is 0 Å². The zero-order valence-corrected chi connectivity index (χ0v) is 23.2. The molecule has 1 rings (SSSR count). The molecule has 0 saturated heterocycles. The predicted molar refractivity (Wildman–Crippen MR) is 144 cm³/mol. The molecule has 20 nitrogen and oxygen atoms in total. The number of carbonyl (C=O) groups excluding carboxylic acids is 4. The van der Waals surface area contributed by atoms with Crippen molar-refractivity contribution in [1.29, 1.82) is 0 Å². The molecule has 0 spiro atoms. The zero-order valence-electron chi connectivity index (χ0n) is 23.2. The largest absolute Gasteiger partial charge is 0.508 e. The number of phenolic OH excluding ortho intramolecular Hbond substituents is 1. The monoisotopic (exact) mass is 641 g/mol. The van der Waals surface area contributed by atoms with Gasteiger partial charge in [0.2, 0.25) is 23.6 Å². The number of aliphatic carboxylic acids is 5. The molecule has 45 heavy (non-hydrogen) atoms. The second-order valence-electron chi connectivity index (χ2n) is 9.45. The van der Waals surface area contributed by atoms with Crippen LogP contribution in [-0.4, -0.2) is 114 Å². The molecular formula is C25H31N5O15. The fraction of sp³-hybridized carbons (Fsp3) is 0.400. The van der Waals surface area contributed by atoms with Crippen LogP contribution in [0.3, 0.4) is 0 Å². The number of amides is 4. The minimum absolute atomic E-state index is 0.125. The molecule has 1 aromatic carbocycles. The van der Waals surface area contributed by atoms with Crippen LogP contribution in [-0.2, 0) is 49.6 Å². The molecule has 0 unspecified atom stereocenters. The normalized spacial score (nSPS) is 13.9. The second-order valence-corrected chi connectivity index (χ2v) is 9.45. The van der Waals surface area contributed by atoms with E-state index in [0.29, 0.717) is 5.56 Å². The van der Waals surface area contributed by atoms with Gasteiger partial charge in [0.1, 0.15) is 29.9 Å². The number of carbonyl (C=O) groups is 9. The van der Waals surface area contributed by atoms with Crippen molar-refractivity contribution < 1.29 is 73.8 Å². The third kappa shape index (κ3) is 13.8. The van der Waals surface area contributed by atoms with E-state index < -0.39 is 109 Å². The van der Waals surface area contributed by atoms with Crippen molar-refractivity contribution in [1.82, 2.24) is 21.3 Å². The molecule has 0 fully saturated rings. The SMILES string of the molecule is N[C@@H](CC(=O)O)C(=O)N[C@@H](CC(=O)O)C(=O)N[C@@H](CC(=O)O)C(=O)N[C@@H](CC(=O)O)C(=O)N[C@@H](Cc1ccc(O)cc1)C(=O)O. The van der Waals surface area contributed by atoms with Crippen LogP contribution in [0.4, 0.5) is 0 Å². The molecule has 4 amide bonds. The summed E-state index contributed by atoms with van der Waals surface area (Å²) in [7, 11) is 0. The molecule has 0 bridgehead atoms.